The number of hydrogen-bond acceptors (Lipinski definition) is 2. The third-order valence-corrected chi connectivity index (χ3v) is 1.61. The van der Waals surface area contributed by atoms with E-state index in [9.17, 15) is 0 Å². The molecule has 0 unspecified atom stereocenters. The SMILES string of the molecule is C=CCCNc1ccc(Cl)cn1. The fourth-order valence-electron chi connectivity index (χ4n) is 0.783. The monoisotopic (exact) mass is 182 g/mol. The Kier molecular flexibility index (Phi) is 3.61. The van der Waals surface area contributed by atoms with Gasteiger partial charge in [-0.3, -0.25) is 0 Å². The molecule has 0 aromatic carbocycles. The maximum absolute atomic E-state index is 5.67. The summed E-state index contributed by atoms with van der Waals surface area (Å²) >= 11 is 5.67. The third kappa shape index (κ3) is 2.93. The van der Waals surface area contributed by atoms with Crippen molar-refractivity contribution in [1.29, 1.82) is 0 Å². The van der Waals surface area contributed by atoms with Crippen LogP contribution in [0, 0.1) is 0 Å². The molecule has 0 atom stereocenters. The largest absolute Gasteiger partial charge is 0.370 e. The van der Waals surface area contributed by atoms with Gasteiger partial charge in [-0.15, -0.1) is 6.58 Å². The van der Waals surface area contributed by atoms with E-state index in [4.69, 9.17) is 11.6 Å². The zero-order valence-corrected chi connectivity index (χ0v) is 7.51. The van der Waals surface area contributed by atoms with Crippen molar-refractivity contribution < 1.29 is 0 Å². The van der Waals surface area contributed by atoms with Crippen LogP contribution in [0.15, 0.2) is 31.0 Å². The van der Waals surface area contributed by atoms with Crippen molar-refractivity contribution in [1.82, 2.24) is 4.98 Å². The summed E-state index contributed by atoms with van der Waals surface area (Å²) in [6.45, 7) is 4.48. The molecule has 0 fully saturated rings. The van der Waals surface area contributed by atoms with Gasteiger partial charge in [0.2, 0.25) is 0 Å². The fraction of sp³-hybridized carbons (Fsp3) is 0.222. The Morgan fingerprint density at radius 3 is 3.00 bits per heavy atom. The van der Waals surface area contributed by atoms with E-state index in [-0.39, 0.29) is 0 Å². The summed E-state index contributed by atoms with van der Waals surface area (Å²) < 4.78 is 0. The van der Waals surface area contributed by atoms with Crippen molar-refractivity contribution in [2.75, 3.05) is 11.9 Å². The Bertz CT molecular complexity index is 243. The molecule has 1 aromatic rings. The number of aromatic nitrogens is 1. The van der Waals surface area contributed by atoms with Crippen LogP contribution in [0.2, 0.25) is 5.02 Å². The lowest BCUT2D eigenvalue weighted by molar-refractivity contribution is 1.05. The predicted octanol–water partition coefficient (Wildman–Crippen LogP) is 2.72. The number of halogens is 1. The van der Waals surface area contributed by atoms with Crippen molar-refractivity contribution in [2.24, 2.45) is 0 Å². The van der Waals surface area contributed by atoms with Gasteiger partial charge in [-0.05, 0) is 18.6 Å². The van der Waals surface area contributed by atoms with Crippen molar-refractivity contribution in [2.45, 2.75) is 6.42 Å². The summed E-state index contributed by atoms with van der Waals surface area (Å²) in [7, 11) is 0. The maximum Gasteiger partial charge on any atom is 0.125 e. The minimum Gasteiger partial charge on any atom is -0.370 e. The van der Waals surface area contributed by atoms with E-state index in [2.05, 4.69) is 16.9 Å². The van der Waals surface area contributed by atoms with Gasteiger partial charge in [0.1, 0.15) is 5.82 Å². The Morgan fingerprint density at radius 1 is 1.58 bits per heavy atom. The van der Waals surface area contributed by atoms with Gasteiger partial charge < -0.3 is 5.32 Å². The molecule has 0 spiro atoms. The first-order chi connectivity index (χ1) is 5.83. The second kappa shape index (κ2) is 4.78. The van der Waals surface area contributed by atoms with Crippen LogP contribution in [-0.2, 0) is 0 Å². The third-order valence-electron chi connectivity index (χ3n) is 1.38. The van der Waals surface area contributed by atoms with Crippen LogP contribution < -0.4 is 5.32 Å². The highest BCUT2D eigenvalue weighted by molar-refractivity contribution is 6.30. The number of nitrogens with zero attached hydrogens (tertiary/aromatic N) is 1. The Morgan fingerprint density at radius 2 is 2.42 bits per heavy atom. The predicted molar refractivity (Wildman–Crippen MR) is 52.6 cm³/mol. The first-order valence-corrected chi connectivity index (χ1v) is 4.17. The molecule has 1 heterocycles. The second-order valence-corrected chi connectivity index (χ2v) is 2.80. The van der Waals surface area contributed by atoms with Crippen molar-refractivity contribution >= 4 is 17.4 Å². The molecule has 0 radical (unpaired) electrons. The molecule has 3 heteroatoms. The quantitative estimate of drug-likeness (QED) is 0.572. The summed E-state index contributed by atoms with van der Waals surface area (Å²) in [6.07, 6.45) is 4.42. The highest BCUT2D eigenvalue weighted by Crippen LogP contribution is 2.09. The smallest absolute Gasteiger partial charge is 0.125 e. The Balaban J connectivity index is 2.42. The van der Waals surface area contributed by atoms with Gasteiger partial charge in [-0.25, -0.2) is 4.98 Å². The van der Waals surface area contributed by atoms with E-state index in [1.54, 1.807) is 6.20 Å². The highest BCUT2D eigenvalue weighted by atomic mass is 35.5. The molecule has 1 rings (SSSR count). The number of pyridine rings is 1. The minimum atomic E-state index is 0.657. The van der Waals surface area contributed by atoms with Gasteiger partial charge in [0.05, 0.1) is 5.02 Å². The van der Waals surface area contributed by atoms with E-state index in [0.29, 0.717) is 5.02 Å². The zero-order valence-electron chi connectivity index (χ0n) is 6.76. The molecule has 0 bridgehead atoms. The molecule has 64 valence electrons. The van der Waals surface area contributed by atoms with E-state index in [0.717, 1.165) is 18.8 Å². The number of anilines is 1. The van der Waals surface area contributed by atoms with Crippen molar-refractivity contribution in [3.8, 4) is 0 Å². The van der Waals surface area contributed by atoms with Crippen molar-refractivity contribution in [3.05, 3.63) is 36.0 Å². The van der Waals surface area contributed by atoms with Crippen LogP contribution in [0.1, 0.15) is 6.42 Å². The summed E-state index contributed by atoms with van der Waals surface area (Å²) in [5, 5.41) is 3.79. The lowest BCUT2D eigenvalue weighted by Crippen LogP contribution is -2.01. The first kappa shape index (κ1) is 9.07. The van der Waals surface area contributed by atoms with Crippen molar-refractivity contribution in [3.63, 3.8) is 0 Å². The van der Waals surface area contributed by atoms with E-state index in [1.165, 1.54) is 0 Å². The normalized spacial score (nSPS) is 9.42. The molecule has 0 aliphatic heterocycles. The van der Waals surface area contributed by atoms with Crippen LogP contribution in [0.25, 0.3) is 0 Å². The van der Waals surface area contributed by atoms with Crippen LogP contribution >= 0.6 is 11.6 Å². The molecule has 0 amide bonds. The van der Waals surface area contributed by atoms with Gasteiger partial charge in [0.25, 0.3) is 0 Å². The Labute approximate surface area is 77.3 Å². The van der Waals surface area contributed by atoms with E-state index < -0.39 is 0 Å². The van der Waals surface area contributed by atoms with Crippen LogP contribution in [0.3, 0.4) is 0 Å². The number of hydrogen-bond donors (Lipinski definition) is 1. The lowest BCUT2D eigenvalue weighted by atomic mass is 10.4. The maximum atomic E-state index is 5.67. The molecule has 1 N–H and O–H groups in total. The molecule has 12 heavy (non-hydrogen) atoms. The standard InChI is InChI=1S/C9H11ClN2/c1-2-3-6-11-9-5-4-8(10)7-12-9/h2,4-5,7H,1,3,6H2,(H,11,12). The number of rotatable bonds is 4. The minimum absolute atomic E-state index is 0.657. The van der Waals surface area contributed by atoms with Gasteiger partial charge in [0.15, 0.2) is 0 Å². The van der Waals surface area contributed by atoms with E-state index >= 15 is 0 Å². The molecular formula is C9H11ClN2. The van der Waals surface area contributed by atoms with Gasteiger partial charge in [-0.2, -0.15) is 0 Å². The molecule has 0 aliphatic rings. The highest BCUT2D eigenvalue weighted by Gasteiger charge is 1.90. The molecule has 1 aromatic heterocycles. The Hall–Kier alpha value is -1.02. The van der Waals surface area contributed by atoms with Crippen LogP contribution in [0.5, 0.6) is 0 Å². The second-order valence-electron chi connectivity index (χ2n) is 2.37. The molecule has 0 aliphatic carbocycles. The van der Waals surface area contributed by atoms with Gasteiger partial charge in [0, 0.05) is 12.7 Å². The van der Waals surface area contributed by atoms with Crippen LogP contribution in [0.4, 0.5) is 5.82 Å². The summed E-state index contributed by atoms with van der Waals surface area (Å²) in [4.78, 5) is 4.07. The molecular weight excluding hydrogens is 172 g/mol. The average molecular weight is 183 g/mol. The van der Waals surface area contributed by atoms with E-state index in [1.807, 2.05) is 18.2 Å². The van der Waals surface area contributed by atoms with Gasteiger partial charge >= 0.3 is 0 Å². The first-order valence-electron chi connectivity index (χ1n) is 3.79. The summed E-state index contributed by atoms with van der Waals surface area (Å²) in [6, 6.07) is 3.66. The van der Waals surface area contributed by atoms with Crippen LogP contribution in [-0.4, -0.2) is 11.5 Å². The molecule has 0 saturated heterocycles. The average Bonchev–Trinajstić information content (AvgIpc) is 2.09. The molecule has 2 nitrogen and oxygen atoms in total. The topological polar surface area (TPSA) is 24.9 Å². The fourth-order valence-corrected chi connectivity index (χ4v) is 0.894. The summed E-state index contributed by atoms with van der Waals surface area (Å²) in [5.74, 6) is 0.848. The number of nitrogens with one attached hydrogen (secondary N) is 1. The summed E-state index contributed by atoms with van der Waals surface area (Å²) in [5.41, 5.74) is 0. The lowest BCUT2D eigenvalue weighted by Gasteiger charge is -2.02. The van der Waals surface area contributed by atoms with Gasteiger partial charge in [-0.1, -0.05) is 17.7 Å². The molecule has 0 saturated carbocycles. The zero-order chi connectivity index (χ0) is 8.81.